The van der Waals surface area contributed by atoms with Gasteiger partial charge in [0.1, 0.15) is 0 Å². The maximum absolute atomic E-state index is 13.4. The molecule has 0 aliphatic heterocycles. The van der Waals surface area contributed by atoms with E-state index >= 15 is 0 Å². The molecule has 1 rings (SSSR count). The van der Waals surface area contributed by atoms with E-state index in [0.29, 0.717) is 5.56 Å². The highest BCUT2D eigenvalue weighted by Gasteiger charge is 2.13. The van der Waals surface area contributed by atoms with E-state index in [9.17, 15) is 18.8 Å². The molecule has 0 aliphatic rings. The van der Waals surface area contributed by atoms with Gasteiger partial charge in [-0.2, -0.15) is 0 Å². The first-order valence-corrected chi connectivity index (χ1v) is 6.41. The van der Waals surface area contributed by atoms with Gasteiger partial charge in [0.15, 0.2) is 18.2 Å². The molecule has 0 unspecified atom stereocenters. The molecule has 0 bridgehead atoms. The van der Waals surface area contributed by atoms with Gasteiger partial charge in [-0.1, -0.05) is 6.07 Å². The van der Waals surface area contributed by atoms with Crippen LogP contribution in [0.15, 0.2) is 18.2 Å². The first-order chi connectivity index (χ1) is 10.5. The predicted octanol–water partition coefficient (Wildman–Crippen LogP) is 1.19. The van der Waals surface area contributed by atoms with Crippen molar-refractivity contribution in [1.29, 1.82) is 0 Å². The molecule has 1 N–H and O–H groups in total. The highest BCUT2D eigenvalue weighted by molar-refractivity contribution is 5.93. The minimum Gasteiger partial charge on any atom is -0.494 e. The molecule has 1 aromatic carbocycles. The number of esters is 1. The Kier molecular flexibility index (Phi) is 6.81. The number of rotatable bonds is 6. The summed E-state index contributed by atoms with van der Waals surface area (Å²) in [5.41, 5.74) is 0.370. The summed E-state index contributed by atoms with van der Waals surface area (Å²) in [4.78, 5) is 33.7. The molecule has 22 heavy (non-hydrogen) atoms. The van der Waals surface area contributed by atoms with Crippen molar-refractivity contribution in [2.45, 2.75) is 13.3 Å². The first kappa shape index (κ1) is 17.4. The van der Waals surface area contributed by atoms with Crippen LogP contribution in [0.3, 0.4) is 0 Å². The standard InChI is InChI=1S/C14H16FNO6/c1-3-21-14(19)16-12(17)8-22-13(18)7-9-4-5-11(20-2)10(15)6-9/h4-6H,3,7-8H2,1-2H3,(H,16,17,19). The van der Waals surface area contributed by atoms with Crippen molar-refractivity contribution in [3.05, 3.63) is 29.6 Å². The monoisotopic (exact) mass is 313 g/mol. The number of halogens is 1. The Morgan fingerprint density at radius 1 is 1.23 bits per heavy atom. The number of nitrogens with one attached hydrogen (secondary N) is 1. The van der Waals surface area contributed by atoms with Gasteiger partial charge in [0, 0.05) is 0 Å². The summed E-state index contributed by atoms with van der Waals surface area (Å²) in [6, 6.07) is 4.02. The topological polar surface area (TPSA) is 90.9 Å². The molecule has 0 heterocycles. The lowest BCUT2D eigenvalue weighted by Gasteiger charge is -2.07. The second-order valence-corrected chi connectivity index (χ2v) is 4.08. The Labute approximate surface area is 126 Å². The van der Waals surface area contributed by atoms with Gasteiger partial charge in [-0.3, -0.25) is 14.9 Å². The van der Waals surface area contributed by atoms with Gasteiger partial charge in [0.2, 0.25) is 0 Å². The Balaban J connectivity index is 2.42. The van der Waals surface area contributed by atoms with Gasteiger partial charge in [-0.05, 0) is 24.6 Å². The van der Waals surface area contributed by atoms with Crippen LogP contribution < -0.4 is 10.1 Å². The van der Waals surface area contributed by atoms with Gasteiger partial charge < -0.3 is 14.2 Å². The first-order valence-electron chi connectivity index (χ1n) is 6.41. The van der Waals surface area contributed by atoms with Gasteiger partial charge in [-0.25, -0.2) is 9.18 Å². The molecular formula is C14H16FNO6. The molecule has 0 aliphatic carbocycles. The molecule has 1 aromatic rings. The summed E-state index contributed by atoms with van der Waals surface area (Å²) in [6.45, 7) is 1.07. The normalized spacial score (nSPS) is 9.77. The minimum absolute atomic E-state index is 0.0610. The zero-order valence-corrected chi connectivity index (χ0v) is 12.2. The molecule has 0 fully saturated rings. The van der Waals surface area contributed by atoms with Crippen molar-refractivity contribution in [1.82, 2.24) is 5.32 Å². The van der Waals surface area contributed by atoms with Crippen LogP contribution in [0.4, 0.5) is 9.18 Å². The zero-order chi connectivity index (χ0) is 16.5. The molecule has 7 nitrogen and oxygen atoms in total. The second-order valence-electron chi connectivity index (χ2n) is 4.08. The number of methoxy groups -OCH3 is 1. The van der Waals surface area contributed by atoms with Crippen LogP contribution in [-0.4, -0.2) is 38.3 Å². The number of benzene rings is 1. The van der Waals surface area contributed by atoms with Crippen LogP contribution in [0.25, 0.3) is 0 Å². The number of ether oxygens (including phenoxy) is 3. The molecule has 2 amide bonds. The summed E-state index contributed by atoms with van der Waals surface area (Å²) in [5.74, 6) is -2.09. The van der Waals surface area contributed by atoms with Crippen molar-refractivity contribution < 1.29 is 33.0 Å². The van der Waals surface area contributed by atoms with Gasteiger partial charge in [0.25, 0.3) is 5.91 Å². The lowest BCUT2D eigenvalue weighted by Crippen LogP contribution is -2.34. The molecule has 0 saturated carbocycles. The second kappa shape index (κ2) is 8.60. The van der Waals surface area contributed by atoms with Gasteiger partial charge in [-0.15, -0.1) is 0 Å². The van der Waals surface area contributed by atoms with E-state index in [-0.39, 0.29) is 18.8 Å². The highest BCUT2D eigenvalue weighted by atomic mass is 19.1. The van der Waals surface area contributed by atoms with Crippen LogP contribution in [0.5, 0.6) is 5.75 Å². The Morgan fingerprint density at radius 3 is 2.55 bits per heavy atom. The third-order valence-corrected chi connectivity index (χ3v) is 2.45. The highest BCUT2D eigenvalue weighted by Crippen LogP contribution is 2.18. The van der Waals surface area contributed by atoms with Crippen molar-refractivity contribution in [3.8, 4) is 5.75 Å². The van der Waals surface area contributed by atoms with E-state index in [1.807, 2.05) is 5.32 Å². The lowest BCUT2D eigenvalue weighted by molar-refractivity contribution is -0.147. The molecule has 0 spiro atoms. The zero-order valence-electron chi connectivity index (χ0n) is 12.2. The number of hydrogen-bond donors (Lipinski definition) is 1. The largest absolute Gasteiger partial charge is 0.494 e. The van der Waals surface area contributed by atoms with E-state index in [1.54, 1.807) is 6.92 Å². The van der Waals surface area contributed by atoms with Crippen molar-refractivity contribution >= 4 is 18.0 Å². The van der Waals surface area contributed by atoms with Crippen molar-refractivity contribution in [2.75, 3.05) is 20.3 Å². The summed E-state index contributed by atoms with van der Waals surface area (Å²) in [5, 5.41) is 1.87. The fourth-order valence-electron chi connectivity index (χ4n) is 1.50. The number of amides is 2. The quantitative estimate of drug-likeness (QED) is 0.793. The van der Waals surface area contributed by atoms with Gasteiger partial charge >= 0.3 is 12.1 Å². The number of alkyl carbamates (subject to hydrolysis) is 1. The van der Waals surface area contributed by atoms with Crippen LogP contribution in [0.1, 0.15) is 12.5 Å². The average molecular weight is 313 g/mol. The molecule has 0 aromatic heterocycles. The third kappa shape index (κ3) is 5.78. The SMILES string of the molecule is CCOC(=O)NC(=O)COC(=O)Cc1ccc(OC)c(F)c1. The Hall–Kier alpha value is -2.64. The summed E-state index contributed by atoms with van der Waals surface area (Å²) in [7, 11) is 1.33. The molecular weight excluding hydrogens is 297 g/mol. The smallest absolute Gasteiger partial charge is 0.413 e. The minimum atomic E-state index is -0.916. The maximum Gasteiger partial charge on any atom is 0.413 e. The fraction of sp³-hybridized carbons (Fsp3) is 0.357. The fourth-order valence-corrected chi connectivity index (χ4v) is 1.50. The van der Waals surface area contributed by atoms with Crippen LogP contribution in [0, 0.1) is 5.82 Å². The number of carbonyl (C=O) groups excluding carboxylic acids is 3. The van der Waals surface area contributed by atoms with E-state index in [4.69, 9.17) is 4.74 Å². The number of carbonyl (C=O) groups is 3. The maximum atomic E-state index is 13.4. The molecule has 0 saturated heterocycles. The Bertz CT molecular complexity index is 560. The summed E-state index contributed by atoms with van der Waals surface area (Å²) in [6.07, 6.45) is -1.13. The summed E-state index contributed by atoms with van der Waals surface area (Å²) < 4.78 is 27.3. The van der Waals surface area contributed by atoms with E-state index < -0.39 is 30.4 Å². The van der Waals surface area contributed by atoms with E-state index in [0.717, 1.165) is 6.07 Å². The predicted molar refractivity (Wildman–Crippen MR) is 72.8 cm³/mol. The molecule has 8 heteroatoms. The van der Waals surface area contributed by atoms with Crippen LogP contribution in [-0.2, 0) is 25.5 Å². The third-order valence-electron chi connectivity index (χ3n) is 2.45. The number of imide groups is 1. The molecule has 120 valence electrons. The van der Waals surface area contributed by atoms with Crippen molar-refractivity contribution in [3.63, 3.8) is 0 Å². The average Bonchev–Trinajstić information content (AvgIpc) is 2.45. The van der Waals surface area contributed by atoms with Gasteiger partial charge in [0.05, 0.1) is 20.1 Å². The van der Waals surface area contributed by atoms with E-state index in [1.165, 1.54) is 19.2 Å². The lowest BCUT2D eigenvalue weighted by atomic mass is 10.1. The molecule has 0 radical (unpaired) electrons. The van der Waals surface area contributed by atoms with Crippen molar-refractivity contribution in [2.24, 2.45) is 0 Å². The van der Waals surface area contributed by atoms with E-state index in [2.05, 4.69) is 9.47 Å². The number of hydrogen-bond acceptors (Lipinski definition) is 6. The molecule has 0 atom stereocenters. The van der Waals surface area contributed by atoms with Crippen LogP contribution in [0.2, 0.25) is 0 Å². The summed E-state index contributed by atoms with van der Waals surface area (Å²) >= 11 is 0. The Morgan fingerprint density at radius 2 is 1.95 bits per heavy atom. The van der Waals surface area contributed by atoms with Crippen LogP contribution >= 0.6 is 0 Å².